The molecule has 0 spiro atoms. The Morgan fingerprint density at radius 2 is 0.639 bits per heavy atom. The number of thiophene rings is 2. The minimum atomic E-state index is 1.13. The number of rotatable bonds is 6. The quantitative estimate of drug-likeness (QED) is 0.165. The SMILES string of the molecule is c1ccc(N(c2ccc3sc4ccccc4c3c2)c2ccc3c4cc5c(cc4n4c6ccccc6c2c34)c2ccc(N(c3ccccc3)c3ccc4sc6ccccc6c4c3)c3c4ccccc4n5c23)cc1. The highest BCUT2D eigenvalue weighted by atomic mass is 32.1. The first-order valence-electron chi connectivity index (χ1n) is 24.6. The number of nitrogens with zero attached hydrogens (tertiary/aromatic N) is 4. The van der Waals surface area contributed by atoms with Crippen LogP contribution in [0.25, 0.3) is 117 Å². The van der Waals surface area contributed by atoms with Crippen LogP contribution in [0.5, 0.6) is 0 Å². The van der Waals surface area contributed by atoms with E-state index in [0.717, 1.165) is 22.7 Å². The Balaban J connectivity index is 0.931. The molecule has 0 aliphatic carbocycles. The largest absolute Gasteiger partial charge is 0.310 e. The van der Waals surface area contributed by atoms with Crippen molar-refractivity contribution >= 4 is 173 Å². The van der Waals surface area contributed by atoms with Crippen molar-refractivity contribution in [3.05, 3.63) is 231 Å². The second-order valence-electron chi connectivity index (χ2n) is 19.2. The van der Waals surface area contributed by atoms with E-state index in [1.54, 1.807) is 0 Å². The van der Waals surface area contributed by atoms with Gasteiger partial charge in [0.05, 0.1) is 44.5 Å². The molecular weight excluding hydrogens is 913 g/mol. The molecule has 6 heteroatoms. The smallest absolute Gasteiger partial charge is 0.0641 e. The van der Waals surface area contributed by atoms with Gasteiger partial charge in [-0.15, -0.1) is 22.7 Å². The zero-order chi connectivity index (χ0) is 46.8. The molecule has 0 unspecified atom stereocenters. The molecule has 17 rings (SSSR count). The Hall–Kier alpha value is -8.94. The van der Waals surface area contributed by atoms with E-state index in [2.05, 4.69) is 249 Å². The highest BCUT2D eigenvalue weighted by Gasteiger charge is 2.28. The van der Waals surface area contributed by atoms with Crippen LogP contribution in [0.1, 0.15) is 0 Å². The number of hydrogen-bond donors (Lipinski definition) is 0. The summed E-state index contributed by atoms with van der Waals surface area (Å²) < 4.78 is 10.3. The Morgan fingerprint density at radius 3 is 1.10 bits per heavy atom. The summed E-state index contributed by atoms with van der Waals surface area (Å²) in [5, 5.41) is 15.2. The van der Waals surface area contributed by atoms with Crippen molar-refractivity contribution in [2.45, 2.75) is 0 Å². The van der Waals surface area contributed by atoms with Gasteiger partial charge in [0, 0.05) is 106 Å². The average molecular weight is 951 g/mol. The maximum absolute atomic E-state index is 2.55. The van der Waals surface area contributed by atoms with E-state index in [-0.39, 0.29) is 0 Å². The van der Waals surface area contributed by atoms with Crippen molar-refractivity contribution in [2.75, 3.05) is 9.80 Å². The fraction of sp³-hybridized carbons (Fsp3) is 0. The van der Waals surface area contributed by atoms with E-state index >= 15 is 0 Å². The molecule has 0 bridgehead atoms. The van der Waals surface area contributed by atoms with E-state index in [1.807, 2.05) is 22.7 Å². The number of para-hydroxylation sites is 4. The Bertz CT molecular complexity index is 4740. The number of aromatic nitrogens is 2. The summed E-state index contributed by atoms with van der Waals surface area (Å²) in [7, 11) is 0. The Labute approximate surface area is 419 Å². The van der Waals surface area contributed by atoms with Gasteiger partial charge in [-0.3, -0.25) is 0 Å². The molecule has 4 nitrogen and oxygen atoms in total. The summed E-state index contributed by atoms with van der Waals surface area (Å²) in [5.74, 6) is 0. The first-order valence-corrected chi connectivity index (χ1v) is 26.2. The van der Waals surface area contributed by atoms with Crippen LogP contribution in [0, 0.1) is 0 Å². The van der Waals surface area contributed by atoms with Gasteiger partial charge in [0.25, 0.3) is 0 Å². The Kier molecular flexibility index (Phi) is 7.73. The van der Waals surface area contributed by atoms with Gasteiger partial charge >= 0.3 is 0 Å². The third kappa shape index (κ3) is 5.14. The summed E-state index contributed by atoms with van der Waals surface area (Å²) in [5.41, 5.74) is 14.2. The predicted molar refractivity (Wildman–Crippen MR) is 311 cm³/mol. The van der Waals surface area contributed by atoms with Crippen LogP contribution in [-0.2, 0) is 0 Å². The molecule has 0 amide bonds. The molecular formula is C66H38N4S2. The molecule has 0 atom stereocenters. The summed E-state index contributed by atoms with van der Waals surface area (Å²) in [6.07, 6.45) is 0. The molecule has 17 aromatic rings. The summed E-state index contributed by atoms with van der Waals surface area (Å²) in [6.45, 7) is 0. The molecule has 6 heterocycles. The summed E-state index contributed by atoms with van der Waals surface area (Å²) in [6, 6.07) is 85.9. The molecule has 0 aliphatic heterocycles. The lowest BCUT2D eigenvalue weighted by Crippen LogP contribution is -2.10. The fourth-order valence-corrected chi connectivity index (χ4v) is 14.7. The first kappa shape index (κ1) is 38.9. The van der Waals surface area contributed by atoms with Crippen molar-refractivity contribution in [1.29, 1.82) is 0 Å². The molecule has 0 saturated carbocycles. The summed E-state index contributed by atoms with van der Waals surface area (Å²) >= 11 is 3.73. The van der Waals surface area contributed by atoms with Crippen molar-refractivity contribution in [2.24, 2.45) is 0 Å². The van der Waals surface area contributed by atoms with Gasteiger partial charge in [-0.1, -0.05) is 121 Å². The van der Waals surface area contributed by atoms with E-state index in [9.17, 15) is 0 Å². The zero-order valence-corrected chi connectivity index (χ0v) is 40.2. The third-order valence-corrected chi connectivity index (χ3v) is 17.8. The standard InChI is InChI=1S/C66H38N4S2/c1-3-15-39(16-4-1)67(41-27-33-61-51(35-41)43-19-9-13-25-59(43)71-61)55-31-29-45-49-37-58-50(38-57(49)69-53-23-11-7-21-47(53)63(55)65(45)69)46-30-32-56(64-48-22-8-12-24-54(48)70(58)66(46)64)68(40-17-5-2-6-18-40)42-28-34-62-52(36-42)44-20-10-14-26-60(44)72-62/h1-38H. The molecule has 72 heavy (non-hydrogen) atoms. The van der Waals surface area contributed by atoms with Gasteiger partial charge in [0.2, 0.25) is 0 Å². The second-order valence-corrected chi connectivity index (χ2v) is 21.4. The normalized spacial score (nSPS) is 12.4. The molecule has 0 fully saturated rings. The van der Waals surface area contributed by atoms with E-state index in [0.29, 0.717) is 0 Å². The van der Waals surface area contributed by atoms with Crippen LogP contribution >= 0.6 is 22.7 Å². The molecule has 334 valence electrons. The van der Waals surface area contributed by atoms with Crippen LogP contribution in [-0.4, -0.2) is 8.80 Å². The van der Waals surface area contributed by atoms with Gasteiger partial charge in [0.1, 0.15) is 0 Å². The van der Waals surface area contributed by atoms with Crippen LogP contribution < -0.4 is 9.80 Å². The van der Waals surface area contributed by atoms with Gasteiger partial charge < -0.3 is 18.6 Å². The first-order chi connectivity index (χ1) is 35.7. The van der Waals surface area contributed by atoms with Crippen LogP contribution in [0.15, 0.2) is 231 Å². The number of anilines is 6. The summed E-state index contributed by atoms with van der Waals surface area (Å²) in [4.78, 5) is 4.95. The number of benzene rings is 11. The maximum atomic E-state index is 2.55. The highest BCUT2D eigenvalue weighted by molar-refractivity contribution is 7.26. The van der Waals surface area contributed by atoms with Crippen molar-refractivity contribution in [3.63, 3.8) is 0 Å². The van der Waals surface area contributed by atoms with Crippen LogP contribution in [0.3, 0.4) is 0 Å². The molecule has 0 radical (unpaired) electrons. The molecule has 11 aromatic carbocycles. The fourth-order valence-electron chi connectivity index (χ4n) is 12.6. The van der Waals surface area contributed by atoms with E-state index in [1.165, 1.54) is 128 Å². The van der Waals surface area contributed by atoms with Crippen molar-refractivity contribution in [1.82, 2.24) is 8.80 Å². The van der Waals surface area contributed by atoms with Crippen LogP contribution in [0.2, 0.25) is 0 Å². The number of hydrogen-bond acceptors (Lipinski definition) is 4. The minimum Gasteiger partial charge on any atom is -0.310 e. The Morgan fingerprint density at radius 1 is 0.250 bits per heavy atom. The maximum Gasteiger partial charge on any atom is 0.0641 e. The lowest BCUT2D eigenvalue weighted by atomic mass is 10.0. The molecule has 0 aliphatic rings. The van der Waals surface area contributed by atoms with Gasteiger partial charge in [0.15, 0.2) is 0 Å². The van der Waals surface area contributed by atoms with Crippen molar-refractivity contribution in [3.8, 4) is 0 Å². The molecule has 0 N–H and O–H groups in total. The van der Waals surface area contributed by atoms with Crippen LogP contribution in [0.4, 0.5) is 34.1 Å². The van der Waals surface area contributed by atoms with Gasteiger partial charge in [-0.2, -0.15) is 0 Å². The second kappa shape index (κ2) is 14.3. The lowest BCUT2D eigenvalue weighted by molar-refractivity contribution is 1.31. The lowest BCUT2D eigenvalue weighted by Gasteiger charge is -2.26. The molecule has 6 aromatic heterocycles. The van der Waals surface area contributed by atoms with E-state index < -0.39 is 0 Å². The van der Waals surface area contributed by atoms with Crippen molar-refractivity contribution < 1.29 is 0 Å². The monoisotopic (exact) mass is 950 g/mol. The van der Waals surface area contributed by atoms with Gasteiger partial charge in [-0.05, 0) is 109 Å². The average Bonchev–Trinajstić information content (AvgIpc) is 4.29. The molecule has 0 saturated heterocycles. The minimum absolute atomic E-state index is 1.13. The van der Waals surface area contributed by atoms with Gasteiger partial charge in [-0.25, -0.2) is 0 Å². The zero-order valence-electron chi connectivity index (χ0n) is 38.5. The third-order valence-electron chi connectivity index (χ3n) is 15.5. The number of fused-ring (bicyclic) bond motifs is 18. The van der Waals surface area contributed by atoms with E-state index in [4.69, 9.17) is 0 Å². The predicted octanol–water partition coefficient (Wildman–Crippen LogP) is 19.7. The highest BCUT2D eigenvalue weighted by Crippen LogP contribution is 2.52. The topological polar surface area (TPSA) is 15.3 Å².